The number of anilines is 1. The quantitative estimate of drug-likeness (QED) is 0.326. The predicted molar refractivity (Wildman–Crippen MR) is 155 cm³/mol. The summed E-state index contributed by atoms with van der Waals surface area (Å²) in [7, 11) is 0. The number of piperazine rings is 1. The lowest BCUT2D eigenvalue weighted by Crippen LogP contribution is -2.49. The van der Waals surface area contributed by atoms with Gasteiger partial charge in [-0.3, -0.25) is 9.47 Å². The van der Waals surface area contributed by atoms with Crippen LogP contribution in [0.15, 0.2) is 24.3 Å². The Morgan fingerprint density at radius 2 is 1.67 bits per heavy atom. The van der Waals surface area contributed by atoms with Gasteiger partial charge < -0.3 is 25.3 Å². The number of benzene rings is 1. The SMILES string of the molecule is CC1CC(CC(O)CO)c2c1c(O)n(CC1CCCCC1CN1CCN(c3nsc4ccccc34)CC1)c2O. The third-order valence-electron chi connectivity index (χ3n) is 9.60. The van der Waals surface area contributed by atoms with Crippen LogP contribution in [0.3, 0.4) is 0 Å². The Kier molecular flexibility index (Phi) is 7.77. The minimum atomic E-state index is -0.810. The van der Waals surface area contributed by atoms with Crippen LogP contribution in [0, 0.1) is 11.8 Å². The van der Waals surface area contributed by atoms with Crippen molar-refractivity contribution < 1.29 is 20.4 Å². The standard InChI is InChI=1S/C30H42N4O4S/c1-19-14-22(15-23(36)18-35)27-26(19)29(37)34(30(27)38)17-21-7-3-2-6-20(21)16-32-10-12-33(13-11-32)28-24-8-4-5-9-25(24)39-31-28/h4-5,8-9,19-23,35-38H,2-3,6-7,10-18H2,1H3. The molecule has 1 saturated carbocycles. The first kappa shape index (κ1) is 26.9. The van der Waals surface area contributed by atoms with Gasteiger partial charge in [-0.05, 0) is 73.0 Å². The third kappa shape index (κ3) is 5.14. The molecule has 6 rings (SSSR count). The van der Waals surface area contributed by atoms with Crippen LogP contribution in [0.4, 0.5) is 5.82 Å². The second kappa shape index (κ2) is 11.3. The molecule has 3 aromatic rings. The fourth-order valence-electron chi connectivity index (χ4n) is 7.55. The van der Waals surface area contributed by atoms with Gasteiger partial charge in [0.15, 0.2) is 11.8 Å². The third-order valence-corrected chi connectivity index (χ3v) is 10.4. The Hall–Kier alpha value is -2.33. The summed E-state index contributed by atoms with van der Waals surface area (Å²) in [4.78, 5) is 5.02. The first-order valence-corrected chi connectivity index (χ1v) is 15.5. The van der Waals surface area contributed by atoms with Crippen molar-refractivity contribution in [2.75, 3.05) is 44.2 Å². The van der Waals surface area contributed by atoms with E-state index >= 15 is 0 Å². The van der Waals surface area contributed by atoms with Crippen LogP contribution < -0.4 is 4.90 Å². The number of rotatable bonds is 8. The maximum absolute atomic E-state index is 11.3. The zero-order chi connectivity index (χ0) is 27.1. The molecular weight excluding hydrogens is 512 g/mol. The Morgan fingerprint density at radius 3 is 2.41 bits per heavy atom. The van der Waals surface area contributed by atoms with Gasteiger partial charge in [0.25, 0.3) is 0 Å². The largest absolute Gasteiger partial charge is 0.494 e. The zero-order valence-electron chi connectivity index (χ0n) is 22.9. The number of fused-ring (bicyclic) bond motifs is 2. The molecule has 212 valence electrons. The summed E-state index contributed by atoms with van der Waals surface area (Å²) in [6, 6.07) is 8.48. The molecule has 0 bridgehead atoms. The lowest BCUT2D eigenvalue weighted by molar-refractivity contribution is 0.0815. The van der Waals surface area contributed by atoms with Crippen molar-refractivity contribution in [1.29, 1.82) is 0 Å². The van der Waals surface area contributed by atoms with Crippen LogP contribution >= 0.6 is 11.5 Å². The van der Waals surface area contributed by atoms with E-state index in [1.54, 1.807) is 16.1 Å². The second-order valence-corrected chi connectivity index (χ2v) is 12.9. The van der Waals surface area contributed by atoms with Gasteiger partial charge in [-0.2, -0.15) is 4.37 Å². The second-order valence-electron chi connectivity index (χ2n) is 12.1. The molecule has 8 nitrogen and oxygen atoms in total. The van der Waals surface area contributed by atoms with Gasteiger partial charge >= 0.3 is 0 Å². The number of hydrogen-bond acceptors (Lipinski definition) is 8. The van der Waals surface area contributed by atoms with Crippen molar-refractivity contribution in [3.63, 3.8) is 0 Å². The van der Waals surface area contributed by atoms with Gasteiger partial charge in [-0.25, -0.2) is 0 Å². The first-order chi connectivity index (χ1) is 18.9. The van der Waals surface area contributed by atoms with Gasteiger partial charge in [0.05, 0.1) is 17.4 Å². The van der Waals surface area contributed by atoms with Crippen molar-refractivity contribution in [1.82, 2.24) is 13.8 Å². The van der Waals surface area contributed by atoms with Gasteiger partial charge in [-0.1, -0.05) is 31.9 Å². The Labute approximate surface area is 234 Å². The molecule has 1 aromatic carbocycles. The molecule has 39 heavy (non-hydrogen) atoms. The fraction of sp³-hybridized carbons (Fsp3) is 0.633. The number of aliphatic hydroxyl groups is 2. The number of aromatic nitrogens is 2. The smallest absolute Gasteiger partial charge is 0.197 e. The van der Waals surface area contributed by atoms with Crippen LogP contribution in [0.25, 0.3) is 10.1 Å². The van der Waals surface area contributed by atoms with E-state index in [4.69, 9.17) is 4.37 Å². The molecule has 0 spiro atoms. The molecule has 2 aromatic heterocycles. The Balaban J connectivity index is 1.12. The molecular formula is C30H42N4O4S. The average molecular weight is 555 g/mol. The van der Waals surface area contributed by atoms with Gasteiger partial charge in [0, 0.05) is 55.8 Å². The van der Waals surface area contributed by atoms with Gasteiger partial charge in [-0.15, -0.1) is 0 Å². The van der Waals surface area contributed by atoms with Crippen molar-refractivity contribution in [2.45, 2.75) is 69.9 Å². The minimum absolute atomic E-state index is 0.0439. The van der Waals surface area contributed by atoms with E-state index < -0.39 is 6.10 Å². The van der Waals surface area contributed by atoms with Crippen LogP contribution in [0.5, 0.6) is 11.8 Å². The van der Waals surface area contributed by atoms with Crippen molar-refractivity contribution in [3.8, 4) is 11.8 Å². The van der Waals surface area contributed by atoms with E-state index in [0.29, 0.717) is 24.8 Å². The van der Waals surface area contributed by atoms with E-state index in [0.717, 1.165) is 62.5 Å². The van der Waals surface area contributed by atoms with Gasteiger partial charge in [0.1, 0.15) is 5.82 Å². The molecule has 1 aliphatic heterocycles. The normalized spacial score (nSPS) is 26.8. The van der Waals surface area contributed by atoms with E-state index in [1.807, 2.05) is 0 Å². The van der Waals surface area contributed by atoms with Crippen molar-refractivity contribution in [3.05, 3.63) is 35.4 Å². The highest BCUT2D eigenvalue weighted by atomic mass is 32.1. The lowest BCUT2D eigenvalue weighted by Gasteiger charge is -2.40. The lowest BCUT2D eigenvalue weighted by atomic mass is 9.78. The molecule has 9 heteroatoms. The fourth-order valence-corrected chi connectivity index (χ4v) is 8.34. The molecule has 3 aliphatic rings. The molecule has 4 N–H and O–H groups in total. The van der Waals surface area contributed by atoms with Crippen LogP contribution in [-0.4, -0.2) is 79.7 Å². The molecule has 3 heterocycles. The minimum Gasteiger partial charge on any atom is -0.494 e. The summed E-state index contributed by atoms with van der Waals surface area (Å²) >= 11 is 1.58. The van der Waals surface area contributed by atoms with Crippen molar-refractivity contribution >= 4 is 27.4 Å². The molecule has 2 aliphatic carbocycles. The molecule has 0 amide bonds. The summed E-state index contributed by atoms with van der Waals surface area (Å²) in [5.74, 6) is 2.50. The summed E-state index contributed by atoms with van der Waals surface area (Å²) in [6.45, 7) is 7.48. The van der Waals surface area contributed by atoms with Crippen LogP contribution in [0.1, 0.15) is 68.4 Å². The molecule has 1 saturated heterocycles. The van der Waals surface area contributed by atoms with E-state index in [-0.39, 0.29) is 30.2 Å². The number of hydrogen-bond donors (Lipinski definition) is 4. The summed E-state index contributed by atoms with van der Waals surface area (Å²) in [6.07, 6.45) is 5.10. The van der Waals surface area contributed by atoms with Crippen LogP contribution in [0.2, 0.25) is 0 Å². The molecule has 0 radical (unpaired) electrons. The first-order valence-electron chi connectivity index (χ1n) is 14.7. The highest BCUT2D eigenvalue weighted by Gasteiger charge is 2.39. The van der Waals surface area contributed by atoms with Crippen molar-refractivity contribution in [2.24, 2.45) is 11.8 Å². The number of aliphatic hydroxyl groups excluding tert-OH is 2. The zero-order valence-corrected chi connectivity index (χ0v) is 23.7. The summed E-state index contributed by atoms with van der Waals surface area (Å²) in [5.41, 5.74) is 1.62. The van der Waals surface area contributed by atoms with E-state index in [2.05, 4.69) is 41.0 Å². The van der Waals surface area contributed by atoms with E-state index in [9.17, 15) is 20.4 Å². The maximum Gasteiger partial charge on any atom is 0.197 e. The topological polar surface area (TPSA) is 105 Å². The van der Waals surface area contributed by atoms with Gasteiger partial charge in [0.2, 0.25) is 0 Å². The average Bonchev–Trinajstić information content (AvgIpc) is 3.59. The molecule has 2 fully saturated rings. The number of nitrogens with zero attached hydrogens (tertiary/aromatic N) is 4. The molecule has 5 atom stereocenters. The number of aromatic hydroxyl groups is 2. The monoisotopic (exact) mass is 554 g/mol. The highest BCUT2D eigenvalue weighted by molar-refractivity contribution is 7.13. The highest BCUT2D eigenvalue weighted by Crippen LogP contribution is 2.53. The van der Waals surface area contributed by atoms with E-state index in [1.165, 1.54) is 29.3 Å². The maximum atomic E-state index is 11.3. The summed E-state index contributed by atoms with van der Waals surface area (Å²) in [5, 5.41) is 43.1. The Morgan fingerprint density at radius 1 is 0.974 bits per heavy atom. The summed E-state index contributed by atoms with van der Waals surface area (Å²) < 4.78 is 7.75. The predicted octanol–water partition coefficient (Wildman–Crippen LogP) is 4.47. The Bertz CT molecular complexity index is 1280. The molecule has 5 unspecified atom stereocenters. The van der Waals surface area contributed by atoms with Crippen LogP contribution in [-0.2, 0) is 6.54 Å².